The number of carboxylic acids is 1. The van der Waals surface area contributed by atoms with Crippen molar-refractivity contribution in [2.24, 2.45) is 0 Å². The first-order chi connectivity index (χ1) is 14.7. The highest BCUT2D eigenvalue weighted by Crippen LogP contribution is 2.42. The van der Waals surface area contributed by atoms with Gasteiger partial charge in [0, 0.05) is 29.8 Å². The lowest BCUT2D eigenvalue weighted by atomic mass is 9.99. The molecule has 0 fully saturated rings. The summed E-state index contributed by atoms with van der Waals surface area (Å²) in [4.78, 5) is 23.5. The number of halogens is 2. The van der Waals surface area contributed by atoms with Crippen molar-refractivity contribution >= 4 is 46.2 Å². The molecule has 1 amide bonds. The molecule has 0 saturated carbocycles. The predicted molar refractivity (Wildman–Crippen MR) is 123 cm³/mol. The second kappa shape index (κ2) is 10.9. The molecule has 2 aromatic rings. The van der Waals surface area contributed by atoms with Crippen molar-refractivity contribution < 1.29 is 24.2 Å². The van der Waals surface area contributed by atoms with E-state index < -0.39 is 5.97 Å². The normalized spacial score (nSPS) is 11.8. The molecule has 6 nitrogen and oxygen atoms in total. The van der Waals surface area contributed by atoms with E-state index in [4.69, 9.17) is 37.8 Å². The summed E-state index contributed by atoms with van der Waals surface area (Å²) in [5, 5.41) is 12.3. The van der Waals surface area contributed by atoms with Crippen LogP contribution in [0.2, 0.25) is 10.0 Å². The number of nitrogens with one attached hydrogen (secondary N) is 1. The number of amides is 1. The summed E-state index contributed by atoms with van der Waals surface area (Å²) in [7, 11) is 3.00. The zero-order valence-corrected chi connectivity index (χ0v) is 19.1. The van der Waals surface area contributed by atoms with Crippen LogP contribution in [-0.4, -0.2) is 31.2 Å². The molecule has 0 radical (unpaired) electrons. The molecule has 31 heavy (non-hydrogen) atoms. The number of methoxy groups -OCH3 is 2. The average Bonchev–Trinajstić information content (AvgIpc) is 2.72. The van der Waals surface area contributed by atoms with Gasteiger partial charge in [-0.25, -0.2) is 4.79 Å². The van der Waals surface area contributed by atoms with Crippen molar-refractivity contribution in [2.45, 2.75) is 20.4 Å². The fraction of sp³-hybridized carbons (Fsp3) is 0.217. The molecule has 0 heterocycles. The topological polar surface area (TPSA) is 84.9 Å². The summed E-state index contributed by atoms with van der Waals surface area (Å²) in [6.45, 7) is 3.69. The molecule has 0 unspecified atom stereocenters. The first-order valence-corrected chi connectivity index (χ1v) is 10.0. The largest absolute Gasteiger partial charge is 0.497 e. The van der Waals surface area contributed by atoms with Gasteiger partial charge in [0.05, 0.1) is 24.3 Å². The summed E-state index contributed by atoms with van der Waals surface area (Å²) in [6.07, 6.45) is 2.46. The van der Waals surface area contributed by atoms with Crippen LogP contribution in [0.15, 0.2) is 42.5 Å². The lowest BCUT2D eigenvalue weighted by molar-refractivity contribution is -0.131. The third-order valence-electron chi connectivity index (χ3n) is 4.53. The predicted octanol–water partition coefficient (Wildman–Crippen LogP) is 5.22. The molecule has 0 saturated heterocycles. The molecule has 164 valence electrons. The quantitative estimate of drug-likeness (QED) is 0.524. The zero-order chi connectivity index (χ0) is 23.1. The fourth-order valence-corrected chi connectivity index (χ4v) is 3.68. The maximum absolute atomic E-state index is 12.4. The number of benzene rings is 2. The smallest absolute Gasteiger partial charge is 0.328 e. The lowest BCUT2D eigenvalue weighted by Crippen LogP contribution is -2.20. The minimum Gasteiger partial charge on any atom is -0.497 e. The van der Waals surface area contributed by atoms with E-state index in [-0.39, 0.29) is 21.7 Å². The van der Waals surface area contributed by atoms with Crippen molar-refractivity contribution in [2.75, 3.05) is 14.2 Å². The number of rotatable bonds is 8. The van der Waals surface area contributed by atoms with Gasteiger partial charge in [-0.3, -0.25) is 4.79 Å². The third kappa shape index (κ3) is 6.26. The Hall–Kier alpha value is -2.96. The van der Waals surface area contributed by atoms with Gasteiger partial charge in [-0.15, -0.1) is 0 Å². The molecule has 0 aromatic heterocycles. The third-order valence-corrected chi connectivity index (χ3v) is 5.28. The van der Waals surface area contributed by atoms with Gasteiger partial charge in [0.1, 0.15) is 5.75 Å². The van der Waals surface area contributed by atoms with Gasteiger partial charge in [-0.1, -0.05) is 35.3 Å². The van der Waals surface area contributed by atoms with E-state index in [2.05, 4.69) is 5.32 Å². The first kappa shape index (κ1) is 24.3. The van der Waals surface area contributed by atoms with Crippen LogP contribution in [0.4, 0.5) is 0 Å². The van der Waals surface area contributed by atoms with E-state index in [1.54, 1.807) is 27.0 Å². The Morgan fingerprint density at radius 1 is 0.968 bits per heavy atom. The molecule has 2 aromatic carbocycles. The Balaban J connectivity index is 2.31. The van der Waals surface area contributed by atoms with Crippen molar-refractivity contribution in [1.82, 2.24) is 5.32 Å². The number of ether oxygens (including phenoxy) is 2. The van der Waals surface area contributed by atoms with E-state index in [1.807, 2.05) is 24.3 Å². The molecule has 0 atom stereocenters. The van der Waals surface area contributed by atoms with Crippen molar-refractivity contribution in [3.05, 3.63) is 69.2 Å². The number of aliphatic carboxylic acids is 1. The summed E-state index contributed by atoms with van der Waals surface area (Å²) in [6, 6.07) is 9.00. The van der Waals surface area contributed by atoms with Crippen molar-refractivity contribution in [3.63, 3.8) is 0 Å². The fourth-order valence-electron chi connectivity index (χ4n) is 2.89. The monoisotopic (exact) mass is 463 g/mol. The molecule has 0 aliphatic carbocycles. The second-order valence-electron chi connectivity index (χ2n) is 6.69. The number of carbonyl (C=O) groups excluding carboxylic acids is 1. The highest BCUT2D eigenvalue weighted by atomic mass is 35.5. The van der Waals surface area contributed by atoms with Crippen LogP contribution in [0.3, 0.4) is 0 Å². The summed E-state index contributed by atoms with van der Waals surface area (Å²) < 4.78 is 10.4. The summed E-state index contributed by atoms with van der Waals surface area (Å²) in [5.74, 6) is -0.465. The highest BCUT2D eigenvalue weighted by Gasteiger charge is 2.19. The van der Waals surface area contributed by atoms with Gasteiger partial charge in [0.2, 0.25) is 5.91 Å². The molecule has 0 aliphatic heterocycles. The SMILES string of the molecule is COc1ccc(CNC(=O)/C=C(\C)c2cc(/C(C)=C/C(=O)O)c(Cl)c(OC)c2Cl)cc1. The van der Waals surface area contributed by atoms with Crippen LogP contribution in [0.25, 0.3) is 11.1 Å². The summed E-state index contributed by atoms with van der Waals surface area (Å²) in [5.41, 5.74) is 2.87. The van der Waals surface area contributed by atoms with Gasteiger partial charge >= 0.3 is 5.97 Å². The van der Waals surface area contributed by atoms with Crippen LogP contribution >= 0.6 is 23.2 Å². The van der Waals surface area contributed by atoms with Crippen LogP contribution in [0, 0.1) is 0 Å². The Morgan fingerprint density at radius 3 is 2.00 bits per heavy atom. The Morgan fingerprint density at radius 2 is 1.52 bits per heavy atom. The number of hydrogen-bond donors (Lipinski definition) is 2. The van der Waals surface area contributed by atoms with Crippen LogP contribution in [-0.2, 0) is 16.1 Å². The highest BCUT2D eigenvalue weighted by molar-refractivity contribution is 6.39. The Labute approximate surface area is 191 Å². The van der Waals surface area contributed by atoms with Gasteiger partial charge in [-0.05, 0) is 48.8 Å². The molecular formula is C23H23Cl2NO5. The van der Waals surface area contributed by atoms with Crippen LogP contribution < -0.4 is 14.8 Å². The number of carbonyl (C=O) groups is 2. The van der Waals surface area contributed by atoms with E-state index in [9.17, 15) is 9.59 Å². The van der Waals surface area contributed by atoms with E-state index in [1.165, 1.54) is 13.2 Å². The molecule has 0 bridgehead atoms. The first-order valence-electron chi connectivity index (χ1n) is 9.25. The van der Waals surface area contributed by atoms with Gasteiger partial charge < -0.3 is 19.9 Å². The van der Waals surface area contributed by atoms with E-state index in [0.29, 0.717) is 28.8 Å². The summed E-state index contributed by atoms with van der Waals surface area (Å²) >= 11 is 12.8. The van der Waals surface area contributed by atoms with Gasteiger partial charge in [0.15, 0.2) is 5.75 Å². The standard InChI is InChI=1S/C23H23Cl2NO5/c1-13(9-19(27)26-12-15-5-7-16(30-3)8-6-15)17-11-18(14(2)10-20(28)29)22(25)23(31-4)21(17)24/h5-11H,12H2,1-4H3,(H,26,27)(H,28,29)/b13-9+,14-10+. The molecule has 0 aliphatic rings. The van der Waals surface area contributed by atoms with E-state index >= 15 is 0 Å². The second-order valence-corrected chi connectivity index (χ2v) is 7.45. The molecule has 2 rings (SSSR count). The lowest BCUT2D eigenvalue weighted by Gasteiger charge is -2.16. The molecule has 0 spiro atoms. The zero-order valence-electron chi connectivity index (χ0n) is 17.6. The van der Waals surface area contributed by atoms with Gasteiger partial charge in [0.25, 0.3) is 0 Å². The number of carboxylic acid groups (broad SMARTS) is 1. The average molecular weight is 464 g/mol. The molecular weight excluding hydrogens is 441 g/mol. The van der Waals surface area contributed by atoms with Crippen LogP contribution in [0.1, 0.15) is 30.5 Å². The minimum absolute atomic E-state index is 0.197. The minimum atomic E-state index is -1.10. The van der Waals surface area contributed by atoms with Crippen molar-refractivity contribution in [1.29, 1.82) is 0 Å². The number of allylic oxidation sites excluding steroid dienone is 2. The molecule has 2 N–H and O–H groups in total. The Bertz CT molecular complexity index is 1040. The van der Waals surface area contributed by atoms with E-state index in [0.717, 1.165) is 17.4 Å². The van der Waals surface area contributed by atoms with Gasteiger partial charge in [-0.2, -0.15) is 0 Å². The molecule has 8 heteroatoms. The Kier molecular flexibility index (Phi) is 8.54. The number of hydrogen-bond acceptors (Lipinski definition) is 4. The maximum Gasteiger partial charge on any atom is 0.328 e. The van der Waals surface area contributed by atoms with Crippen molar-refractivity contribution in [3.8, 4) is 11.5 Å². The maximum atomic E-state index is 12.4. The van der Waals surface area contributed by atoms with Crippen LogP contribution in [0.5, 0.6) is 11.5 Å².